The van der Waals surface area contributed by atoms with Gasteiger partial charge in [0.15, 0.2) is 8.32 Å². The molecule has 1 saturated heterocycles. The second-order valence-electron chi connectivity index (χ2n) is 5.50. The first-order valence-corrected chi connectivity index (χ1v) is 9.72. The molecule has 0 aromatic carbocycles. The van der Waals surface area contributed by atoms with Crippen LogP contribution < -0.4 is 5.32 Å². The van der Waals surface area contributed by atoms with Crippen LogP contribution in [0.5, 0.6) is 0 Å². The zero-order valence-corrected chi connectivity index (χ0v) is 12.3. The van der Waals surface area contributed by atoms with Crippen molar-refractivity contribution in [1.29, 1.82) is 0 Å². The number of nitrogens with one attached hydrogen (secondary N) is 1. The first kappa shape index (κ1) is 14.5. The molecule has 0 aromatic rings. The maximum absolute atomic E-state index is 11.4. The number of carbonyl (C=O) groups is 1. The normalized spacial score (nSPS) is 18.4. The molecular weight excluding hydrogens is 232 g/mol. The van der Waals surface area contributed by atoms with Crippen molar-refractivity contribution < 1.29 is 9.59 Å². The summed E-state index contributed by atoms with van der Waals surface area (Å²) >= 11 is 0. The predicted molar refractivity (Wildman–Crippen MR) is 72.6 cm³/mol. The third-order valence-corrected chi connectivity index (χ3v) is 6.17. The maximum atomic E-state index is 11.4. The van der Waals surface area contributed by atoms with Crippen LogP contribution in [0.1, 0.15) is 32.6 Å². The zero-order chi connectivity index (χ0) is 12.9. The van der Waals surface area contributed by atoms with Crippen molar-refractivity contribution >= 4 is 14.3 Å². The summed E-state index contributed by atoms with van der Waals surface area (Å²) in [6.45, 7) is 8.56. The van der Waals surface area contributed by atoms with Crippen molar-refractivity contribution in [3.63, 3.8) is 0 Å². The van der Waals surface area contributed by atoms with Crippen molar-refractivity contribution in [2.75, 3.05) is 19.6 Å². The van der Waals surface area contributed by atoms with Gasteiger partial charge in [-0.25, -0.2) is 4.79 Å². The topological polar surface area (TPSA) is 52.6 Å². The second-order valence-corrected chi connectivity index (χ2v) is 9.62. The van der Waals surface area contributed by atoms with E-state index in [1.807, 2.05) is 18.0 Å². The number of amides is 2. The summed E-state index contributed by atoms with van der Waals surface area (Å²) in [6.07, 6.45) is 4.39. The number of hydrogen-bond donors (Lipinski definition) is 2. The molecule has 1 unspecified atom stereocenters. The van der Waals surface area contributed by atoms with E-state index in [1.165, 1.54) is 12.8 Å². The Morgan fingerprint density at radius 3 is 2.65 bits per heavy atom. The van der Waals surface area contributed by atoms with Gasteiger partial charge in [0.1, 0.15) is 0 Å². The summed E-state index contributed by atoms with van der Waals surface area (Å²) < 4.78 is 0. The van der Waals surface area contributed by atoms with E-state index in [9.17, 15) is 9.59 Å². The monoisotopic (exact) mass is 258 g/mol. The predicted octanol–water partition coefficient (Wildman–Crippen LogP) is 2.16. The fourth-order valence-corrected chi connectivity index (χ4v) is 4.08. The third kappa shape index (κ3) is 4.67. The van der Waals surface area contributed by atoms with Crippen molar-refractivity contribution in [3.05, 3.63) is 0 Å². The first-order valence-electron chi connectivity index (χ1n) is 6.70. The molecule has 1 rings (SSSR count). The lowest BCUT2D eigenvalue weighted by atomic mass is 10.1. The van der Waals surface area contributed by atoms with Gasteiger partial charge in [-0.15, -0.1) is 0 Å². The first-order chi connectivity index (χ1) is 7.95. The summed E-state index contributed by atoms with van der Waals surface area (Å²) in [4.78, 5) is 23.5. The number of urea groups is 1. The fourth-order valence-electron chi connectivity index (χ4n) is 2.34. The lowest BCUT2D eigenvalue weighted by Gasteiger charge is -2.28. The Bertz CT molecular complexity index is 253. The highest BCUT2D eigenvalue weighted by Crippen LogP contribution is 2.29. The molecule has 0 radical (unpaired) electrons. The van der Waals surface area contributed by atoms with E-state index in [-0.39, 0.29) is 6.03 Å². The minimum absolute atomic E-state index is 0.0525. The second kappa shape index (κ2) is 6.40. The van der Waals surface area contributed by atoms with Gasteiger partial charge in [-0.3, -0.25) is 0 Å². The van der Waals surface area contributed by atoms with Gasteiger partial charge in [-0.1, -0.05) is 26.2 Å². The molecule has 0 aromatic heterocycles. The lowest BCUT2D eigenvalue weighted by Crippen LogP contribution is -2.36. The van der Waals surface area contributed by atoms with Crippen LogP contribution in [0.3, 0.4) is 0 Å². The highest BCUT2D eigenvalue weighted by atomic mass is 28.4. The van der Waals surface area contributed by atoms with E-state index in [0.717, 1.165) is 32.5 Å². The molecule has 17 heavy (non-hydrogen) atoms. The molecule has 2 N–H and O–H groups in total. The van der Waals surface area contributed by atoms with E-state index in [1.54, 1.807) is 0 Å². The number of rotatable bonds is 7. The Hall–Kier alpha value is -0.553. The van der Waals surface area contributed by atoms with Gasteiger partial charge in [0.25, 0.3) is 0 Å². The zero-order valence-electron chi connectivity index (χ0n) is 11.3. The number of unbranched alkanes of at least 4 members (excludes halogenated alkanes) is 1. The molecule has 0 bridgehead atoms. The van der Waals surface area contributed by atoms with Crippen LogP contribution in [0.15, 0.2) is 0 Å². The van der Waals surface area contributed by atoms with Gasteiger partial charge in [0.2, 0.25) is 0 Å². The number of hydrogen-bond acceptors (Lipinski definition) is 2. The molecule has 100 valence electrons. The molecule has 1 aliphatic heterocycles. The summed E-state index contributed by atoms with van der Waals surface area (Å²) in [7, 11) is -2.08. The number of nitrogens with zero attached hydrogens (tertiary/aromatic N) is 1. The molecule has 1 heterocycles. The van der Waals surface area contributed by atoms with Gasteiger partial charge in [0, 0.05) is 19.6 Å². The standard InChI is InChI=1S/C12H26N2O2Si/c1-4-5-6-11(17(2,3)16)7-9-14-10-8-13-12(14)15/h11,16H,4-10H2,1-3H3,(H,13,15). The molecule has 0 aliphatic carbocycles. The average Bonchev–Trinajstić information content (AvgIpc) is 2.62. The Morgan fingerprint density at radius 1 is 1.47 bits per heavy atom. The van der Waals surface area contributed by atoms with Crippen LogP contribution >= 0.6 is 0 Å². The van der Waals surface area contributed by atoms with Crippen LogP contribution in [-0.2, 0) is 0 Å². The quantitative estimate of drug-likeness (QED) is 0.688. The molecule has 4 nitrogen and oxygen atoms in total. The SMILES string of the molecule is CCCCC(CCN1CCNC1=O)[Si](C)(C)O. The van der Waals surface area contributed by atoms with E-state index < -0.39 is 8.32 Å². The van der Waals surface area contributed by atoms with Crippen molar-refractivity contribution in [3.8, 4) is 0 Å². The van der Waals surface area contributed by atoms with E-state index >= 15 is 0 Å². The summed E-state index contributed by atoms with van der Waals surface area (Å²) in [6, 6.07) is 0.0525. The highest BCUT2D eigenvalue weighted by Gasteiger charge is 2.30. The molecule has 2 amide bonds. The van der Waals surface area contributed by atoms with Gasteiger partial charge >= 0.3 is 6.03 Å². The Balaban J connectivity index is 2.40. The molecule has 0 saturated carbocycles. The van der Waals surface area contributed by atoms with Crippen molar-refractivity contribution in [2.45, 2.75) is 51.2 Å². The van der Waals surface area contributed by atoms with Crippen LogP contribution in [0.25, 0.3) is 0 Å². The largest absolute Gasteiger partial charge is 0.432 e. The van der Waals surface area contributed by atoms with Gasteiger partial charge in [-0.2, -0.15) is 0 Å². The molecule has 1 aliphatic rings. The lowest BCUT2D eigenvalue weighted by molar-refractivity contribution is 0.216. The van der Waals surface area contributed by atoms with Crippen LogP contribution in [0.4, 0.5) is 4.79 Å². The summed E-state index contributed by atoms with van der Waals surface area (Å²) in [5, 5.41) is 2.81. The molecule has 1 atom stereocenters. The van der Waals surface area contributed by atoms with Crippen molar-refractivity contribution in [2.24, 2.45) is 0 Å². The Kier molecular flexibility index (Phi) is 5.46. The minimum atomic E-state index is -2.08. The molecular formula is C12H26N2O2Si. The Labute approximate surface area is 106 Å². The van der Waals surface area contributed by atoms with E-state index in [2.05, 4.69) is 12.2 Å². The van der Waals surface area contributed by atoms with Gasteiger partial charge < -0.3 is 15.0 Å². The average molecular weight is 258 g/mol. The fraction of sp³-hybridized carbons (Fsp3) is 0.917. The highest BCUT2D eigenvalue weighted by molar-refractivity contribution is 6.71. The molecule has 1 fully saturated rings. The van der Waals surface area contributed by atoms with E-state index in [4.69, 9.17) is 0 Å². The maximum Gasteiger partial charge on any atom is 0.317 e. The van der Waals surface area contributed by atoms with Crippen molar-refractivity contribution in [1.82, 2.24) is 10.2 Å². The smallest absolute Gasteiger partial charge is 0.317 e. The van der Waals surface area contributed by atoms with Gasteiger partial charge in [0.05, 0.1) is 0 Å². The van der Waals surface area contributed by atoms with E-state index in [0.29, 0.717) is 5.54 Å². The van der Waals surface area contributed by atoms with Crippen LogP contribution in [-0.4, -0.2) is 43.7 Å². The van der Waals surface area contributed by atoms with Crippen LogP contribution in [0.2, 0.25) is 18.6 Å². The van der Waals surface area contributed by atoms with Gasteiger partial charge in [-0.05, 0) is 25.1 Å². The third-order valence-electron chi connectivity index (χ3n) is 3.60. The number of carbonyl (C=O) groups excluding carboxylic acids is 1. The molecule has 5 heteroatoms. The summed E-state index contributed by atoms with van der Waals surface area (Å²) in [5.74, 6) is 0. The molecule has 0 spiro atoms. The van der Waals surface area contributed by atoms with Crippen LogP contribution in [0, 0.1) is 0 Å². The Morgan fingerprint density at radius 2 is 2.18 bits per heavy atom. The minimum Gasteiger partial charge on any atom is -0.432 e. The summed E-state index contributed by atoms with van der Waals surface area (Å²) in [5.41, 5.74) is 0.413.